The molecule has 0 aliphatic rings. The van der Waals surface area contributed by atoms with Crippen LogP contribution in [0.5, 0.6) is 11.5 Å². The number of carbonyl (C=O) groups is 2. The average molecular weight is 725 g/mol. The van der Waals surface area contributed by atoms with E-state index in [1.165, 1.54) is 11.1 Å². The molecule has 8 heteroatoms. The predicted octanol–water partition coefficient (Wildman–Crippen LogP) is 10.3. The lowest BCUT2D eigenvalue weighted by Crippen LogP contribution is -2.15. The first-order valence-corrected chi connectivity index (χ1v) is 18.7. The minimum absolute atomic E-state index is 0.187. The first-order chi connectivity index (χ1) is 26.5. The van der Waals surface area contributed by atoms with E-state index >= 15 is 0 Å². The Kier molecular flexibility index (Phi) is 15.6. The molecule has 0 amide bonds. The van der Waals surface area contributed by atoms with Gasteiger partial charge >= 0.3 is 11.9 Å². The molecule has 0 bridgehead atoms. The minimum atomic E-state index is -0.557. The number of unbranched alkanes of at least 4 members (excludes halogenated alkanes) is 2. The van der Waals surface area contributed by atoms with Gasteiger partial charge in [-0.3, -0.25) is 9.98 Å². The monoisotopic (exact) mass is 724 g/mol. The van der Waals surface area contributed by atoms with Crippen molar-refractivity contribution < 1.29 is 28.5 Å². The molecule has 0 heterocycles. The second-order valence-electron chi connectivity index (χ2n) is 12.6. The fraction of sp³-hybridized carbons (Fsp3) is 0.261. The fourth-order valence-corrected chi connectivity index (χ4v) is 5.35. The highest BCUT2D eigenvalue weighted by molar-refractivity contribution is 6.03. The van der Waals surface area contributed by atoms with Gasteiger partial charge in [-0.05, 0) is 146 Å². The van der Waals surface area contributed by atoms with Gasteiger partial charge < -0.3 is 18.9 Å². The van der Waals surface area contributed by atoms with Crippen molar-refractivity contribution in [3.63, 3.8) is 0 Å². The Morgan fingerprint density at radius 1 is 0.481 bits per heavy atom. The lowest BCUT2D eigenvalue weighted by Gasteiger charge is -2.10. The molecule has 0 saturated carbocycles. The second kappa shape index (κ2) is 21.5. The summed E-state index contributed by atoms with van der Waals surface area (Å²) in [5.41, 5.74) is 6.75. The van der Waals surface area contributed by atoms with E-state index in [-0.39, 0.29) is 24.3 Å². The first-order valence-electron chi connectivity index (χ1n) is 18.7. The summed E-state index contributed by atoms with van der Waals surface area (Å²) in [5, 5.41) is 0. The van der Waals surface area contributed by atoms with Crippen LogP contribution in [0.25, 0.3) is 0 Å². The number of rotatable bonds is 20. The van der Waals surface area contributed by atoms with Crippen LogP contribution in [0.2, 0.25) is 0 Å². The van der Waals surface area contributed by atoms with Crippen LogP contribution >= 0.6 is 0 Å². The molecule has 0 aliphatic heterocycles. The number of aryl methyl sites for hydroxylation is 2. The van der Waals surface area contributed by atoms with Crippen molar-refractivity contribution >= 4 is 35.7 Å². The van der Waals surface area contributed by atoms with Crippen LogP contribution in [-0.2, 0) is 22.3 Å². The zero-order valence-corrected chi connectivity index (χ0v) is 31.1. The molecule has 0 spiro atoms. The molecule has 0 aliphatic carbocycles. The van der Waals surface area contributed by atoms with Crippen molar-refractivity contribution in [2.24, 2.45) is 9.98 Å². The van der Waals surface area contributed by atoms with E-state index in [1.807, 2.05) is 85.2 Å². The third-order valence-electron chi connectivity index (χ3n) is 8.62. The maximum absolute atomic E-state index is 12.8. The standard InChI is InChI=1S/C46H48N2O6/c1-3-35-13-21-39(22-14-35)47-33-37-17-25-41(26-18-37)51-29-7-9-31-53-45(49)43-11-5-6-12-44(43)46(50)54-32-10-8-30-52-42-27-19-38(20-28-42)34-48-40-23-15-36(4-2)16-24-40/h5-6,11-28,33-34H,3-4,7-10,29-32H2,1-2H3. The van der Waals surface area contributed by atoms with Crippen LogP contribution in [0.3, 0.4) is 0 Å². The fourth-order valence-electron chi connectivity index (χ4n) is 5.35. The van der Waals surface area contributed by atoms with E-state index in [4.69, 9.17) is 18.9 Å². The number of ether oxygens (including phenoxy) is 4. The highest BCUT2D eigenvalue weighted by Gasteiger charge is 2.19. The topological polar surface area (TPSA) is 95.8 Å². The van der Waals surface area contributed by atoms with Gasteiger partial charge in [0.25, 0.3) is 0 Å². The molecular formula is C46H48N2O6. The molecular weight excluding hydrogens is 677 g/mol. The van der Waals surface area contributed by atoms with Crippen LogP contribution in [-0.4, -0.2) is 50.8 Å². The normalized spacial score (nSPS) is 11.1. The van der Waals surface area contributed by atoms with Gasteiger partial charge in [0.15, 0.2) is 0 Å². The lowest BCUT2D eigenvalue weighted by molar-refractivity contribution is 0.0447. The second-order valence-corrected chi connectivity index (χ2v) is 12.6. The van der Waals surface area contributed by atoms with Gasteiger partial charge in [-0.25, -0.2) is 9.59 Å². The zero-order chi connectivity index (χ0) is 37.8. The van der Waals surface area contributed by atoms with E-state index in [0.717, 1.165) is 46.8 Å². The average Bonchev–Trinajstić information content (AvgIpc) is 3.22. The van der Waals surface area contributed by atoms with Gasteiger partial charge in [-0.1, -0.05) is 50.2 Å². The molecule has 5 aromatic rings. The summed E-state index contributed by atoms with van der Waals surface area (Å²) in [6.07, 6.45) is 8.32. The largest absolute Gasteiger partial charge is 0.494 e. The smallest absolute Gasteiger partial charge is 0.339 e. The van der Waals surface area contributed by atoms with Gasteiger partial charge in [0.1, 0.15) is 11.5 Å². The SMILES string of the molecule is CCc1ccc(N=Cc2ccc(OCCCCOC(=O)c3ccccc3C(=O)OCCCCOc3ccc(C=Nc4ccc(CC)cc4)cc3)cc2)cc1. The van der Waals surface area contributed by atoms with Gasteiger partial charge in [-0.2, -0.15) is 0 Å². The molecule has 0 saturated heterocycles. The summed E-state index contributed by atoms with van der Waals surface area (Å²) in [6, 6.07) is 38.5. The molecule has 0 radical (unpaired) electrons. The third-order valence-corrected chi connectivity index (χ3v) is 8.62. The molecule has 0 N–H and O–H groups in total. The van der Waals surface area contributed by atoms with Crippen molar-refractivity contribution in [3.8, 4) is 11.5 Å². The Morgan fingerprint density at radius 2 is 0.852 bits per heavy atom. The summed E-state index contributed by atoms with van der Waals surface area (Å²) in [4.78, 5) is 34.7. The summed E-state index contributed by atoms with van der Waals surface area (Å²) in [7, 11) is 0. The van der Waals surface area contributed by atoms with E-state index in [9.17, 15) is 9.59 Å². The molecule has 8 nitrogen and oxygen atoms in total. The van der Waals surface area contributed by atoms with Crippen molar-refractivity contribution in [2.45, 2.75) is 52.4 Å². The molecule has 54 heavy (non-hydrogen) atoms. The number of hydrogen-bond donors (Lipinski definition) is 0. The summed E-state index contributed by atoms with van der Waals surface area (Å²) >= 11 is 0. The minimum Gasteiger partial charge on any atom is -0.494 e. The Labute approximate surface area is 318 Å². The molecule has 0 atom stereocenters. The number of hydrogen-bond acceptors (Lipinski definition) is 8. The van der Waals surface area contributed by atoms with Crippen molar-refractivity contribution in [1.82, 2.24) is 0 Å². The number of carbonyl (C=O) groups excluding carboxylic acids is 2. The van der Waals surface area contributed by atoms with Crippen molar-refractivity contribution in [1.29, 1.82) is 0 Å². The predicted molar refractivity (Wildman–Crippen MR) is 215 cm³/mol. The Morgan fingerprint density at radius 3 is 1.22 bits per heavy atom. The molecule has 0 unspecified atom stereocenters. The van der Waals surface area contributed by atoms with Crippen molar-refractivity contribution in [2.75, 3.05) is 26.4 Å². The van der Waals surface area contributed by atoms with Crippen molar-refractivity contribution in [3.05, 3.63) is 155 Å². The molecule has 5 aromatic carbocycles. The highest BCUT2D eigenvalue weighted by atomic mass is 16.5. The molecule has 5 rings (SSSR count). The highest BCUT2D eigenvalue weighted by Crippen LogP contribution is 2.18. The number of esters is 2. The van der Waals surface area contributed by atoms with Crippen LogP contribution in [0, 0.1) is 0 Å². The summed E-state index contributed by atoms with van der Waals surface area (Å²) in [6.45, 7) is 5.66. The van der Waals surface area contributed by atoms with Crippen LogP contribution in [0.4, 0.5) is 11.4 Å². The summed E-state index contributed by atoms with van der Waals surface area (Å²) in [5.74, 6) is 0.409. The Balaban J connectivity index is 0.938. The maximum Gasteiger partial charge on any atom is 0.339 e. The summed E-state index contributed by atoms with van der Waals surface area (Å²) < 4.78 is 22.6. The Hall–Kier alpha value is -6.02. The third kappa shape index (κ3) is 12.9. The number of nitrogens with zero attached hydrogens (tertiary/aromatic N) is 2. The van der Waals surface area contributed by atoms with Gasteiger partial charge in [0.05, 0.1) is 48.9 Å². The maximum atomic E-state index is 12.8. The molecule has 278 valence electrons. The van der Waals surface area contributed by atoms with Crippen LogP contribution < -0.4 is 9.47 Å². The number of benzene rings is 5. The molecule has 0 fully saturated rings. The lowest BCUT2D eigenvalue weighted by atomic mass is 10.1. The van der Waals surface area contributed by atoms with E-state index in [0.29, 0.717) is 38.9 Å². The number of aliphatic imine (C=N–C) groups is 2. The van der Waals surface area contributed by atoms with Gasteiger partial charge in [0.2, 0.25) is 0 Å². The van der Waals surface area contributed by atoms with E-state index in [1.54, 1.807) is 24.3 Å². The van der Waals surface area contributed by atoms with Crippen LogP contribution in [0.15, 0.2) is 131 Å². The van der Waals surface area contributed by atoms with Gasteiger partial charge in [0, 0.05) is 12.4 Å². The van der Waals surface area contributed by atoms with E-state index in [2.05, 4.69) is 48.1 Å². The van der Waals surface area contributed by atoms with Gasteiger partial charge in [-0.15, -0.1) is 0 Å². The van der Waals surface area contributed by atoms with Crippen LogP contribution in [0.1, 0.15) is 82.5 Å². The van der Waals surface area contributed by atoms with E-state index < -0.39 is 11.9 Å². The molecule has 0 aromatic heterocycles. The zero-order valence-electron chi connectivity index (χ0n) is 31.1. The first kappa shape index (κ1) is 39.2. The quantitative estimate of drug-likeness (QED) is 0.0450. The Bertz CT molecular complexity index is 1810.